The van der Waals surface area contributed by atoms with Crippen LogP contribution in [0.5, 0.6) is 17.2 Å². The van der Waals surface area contributed by atoms with Gasteiger partial charge in [0.1, 0.15) is 0 Å². The van der Waals surface area contributed by atoms with E-state index in [9.17, 15) is 9.59 Å². The van der Waals surface area contributed by atoms with Crippen molar-refractivity contribution in [1.82, 2.24) is 5.43 Å². The summed E-state index contributed by atoms with van der Waals surface area (Å²) in [4.78, 5) is 25.6. The molecule has 3 rings (SSSR count). The number of nitrogens with one attached hydrogen (secondary N) is 2. The molecule has 0 saturated carbocycles. The lowest BCUT2D eigenvalue weighted by Gasteiger charge is -2.16. The number of nitrogens with zero attached hydrogens (tertiary/aromatic N) is 1. The van der Waals surface area contributed by atoms with Crippen LogP contribution < -0.4 is 25.0 Å². The Morgan fingerprint density at radius 1 is 0.816 bits per heavy atom. The van der Waals surface area contributed by atoms with E-state index in [4.69, 9.17) is 37.4 Å². The first-order valence-electron chi connectivity index (χ1n) is 12.0. The van der Waals surface area contributed by atoms with Crippen LogP contribution in [0.4, 0.5) is 5.69 Å². The first kappa shape index (κ1) is 28.8. The Bertz CT molecular complexity index is 1320. The summed E-state index contributed by atoms with van der Waals surface area (Å²) in [5.74, 6) is 0.450. The summed E-state index contributed by atoms with van der Waals surface area (Å²) >= 11 is 12.1. The van der Waals surface area contributed by atoms with Crippen molar-refractivity contribution in [3.8, 4) is 17.2 Å². The molecule has 8 nitrogen and oxygen atoms in total. The Morgan fingerprint density at radius 3 is 2.08 bits per heavy atom. The molecule has 0 aliphatic heterocycles. The molecule has 2 amide bonds. The fourth-order valence-corrected chi connectivity index (χ4v) is 3.97. The number of ether oxygens (including phenoxy) is 3. The molecule has 0 radical (unpaired) electrons. The van der Waals surface area contributed by atoms with Gasteiger partial charge in [-0.3, -0.25) is 9.59 Å². The molecule has 0 saturated heterocycles. The van der Waals surface area contributed by atoms with E-state index in [1.54, 1.807) is 49.4 Å². The average molecular weight is 558 g/mol. The van der Waals surface area contributed by atoms with E-state index < -0.39 is 5.91 Å². The summed E-state index contributed by atoms with van der Waals surface area (Å²) in [5.41, 5.74) is 4.93. The van der Waals surface area contributed by atoms with Crippen molar-refractivity contribution in [1.29, 1.82) is 0 Å². The van der Waals surface area contributed by atoms with Crippen molar-refractivity contribution >= 4 is 46.4 Å². The van der Waals surface area contributed by atoms with Gasteiger partial charge in [0.2, 0.25) is 5.75 Å². The standard InChI is InChI=1S/C28H29Cl2N3O5/c1-5-36-24-14-19(15-25(37-6-2)26(24)38-7-3)27(34)33-32-17(4)18-9-8-10-21(13-18)31-28(35)22-12-11-20(29)16-23(22)30/h8-16H,5-7H2,1-4H3,(H,31,35)(H,33,34)/b32-17+. The Morgan fingerprint density at radius 2 is 1.47 bits per heavy atom. The van der Waals surface area contributed by atoms with Gasteiger partial charge in [0.05, 0.1) is 36.1 Å². The Hall–Kier alpha value is -3.75. The summed E-state index contributed by atoms with van der Waals surface area (Å²) in [7, 11) is 0. The van der Waals surface area contributed by atoms with Gasteiger partial charge < -0.3 is 19.5 Å². The number of benzene rings is 3. The van der Waals surface area contributed by atoms with Crippen molar-refractivity contribution in [3.63, 3.8) is 0 Å². The van der Waals surface area contributed by atoms with E-state index in [0.717, 1.165) is 0 Å². The lowest BCUT2D eigenvalue weighted by Crippen LogP contribution is -2.20. The van der Waals surface area contributed by atoms with Gasteiger partial charge in [0, 0.05) is 16.3 Å². The lowest BCUT2D eigenvalue weighted by atomic mass is 10.1. The predicted octanol–water partition coefficient (Wildman–Crippen LogP) is 6.60. The highest BCUT2D eigenvalue weighted by Crippen LogP contribution is 2.39. The quantitative estimate of drug-likeness (QED) is 0.204. The third-order valence-electron chi connectivity index (χ3n) is 5.21. The fourth-order valence-electron chi connectivity index (χ4n) is 3.48. The normalized spacial score (nSPS) is 11.1. The van der Waals surface area contributed by atoms with E-state index in [2.05, 4.69) is 15.8 Å². The second kappa shape index (κ2) is 13.7. The topological polar surface area (TPSA) is 98.2 Å². The summed E-state index contributed by atoms with van der Waals surface area (Å²) in [6, 6.07) is 14.9. The fraction of sp³-hybridized carbons (Fsp3) is 0.250. The molecule has 0 spiro atoms. The highest BCUT2D eigenvalue weighted by Gasteiger charge is 2.18. The zero-order valence-corrected chi connectivity index (χ0v) is 23.1. The second-order valence-corrected chi connectivity index (χ2v) is 8.74. The minimum atomic E-state index is -0.448. The van der Waals surface area contributed by atoms with Gasteiger partial charge in [-0.2, -0.15) is 5.10 Å². The molecule has 0 aliphatic rings. The van der Waals surface area contributed by atoms with Gasteiger partial charge in [-0.05, 0) is 75.7 Å². The van der Waals surface area contributed by atoms with Gasteiger partial charge in [-0.1, -0.05) is 35.3 Å². The molecule has 0 bridgehead atoms. The molecule has 38 heavy (non-hydrogen) atoms. The van der Waals surface area contributed by atoms with Crippen molar-refractivity contribution in [3.05, 3.63) is 81.3 Å². The third kappa shape index (κ3) is 7.40. The number of carbonyl (C=O) groups is 2. The maximum absolute atomic E-state index is 12.9. The summed E-state index contributed by atoms with van der Waals surface area (Å²) in [6.07, 6.45) is 0. The molecule has 0 atom stereocenters. The van der Waals surface area contributed by atoms with Crippen LogP contribution in [0.15, 0.2) is 59.7 Å². The van der Waals surface area contributed by atoms with Crippen LogP contribution in [0, 0.1) is 0 Å². The third-order valence-corrected chi connectivity index (χ3v) is 5.76. The summed E-state index contributed by atoms with van der Waals surface area (Å²) in [5, 5.41) is 7.74. The monoisotopic (exact) mass is 557 g/mol. The molecular formula is C28H29Cl2N3O5. The lowest BCUT2D eigenvalue weighted by molar-refractivity contribution is 0.0953. The summed E-state index contributed by atoms with van der Waals surface area (Å²) in [6.45, 7) is 8.50. The van der Waals surface area contributed by atoms with Crippen LogP contribution in [0.25, 0.3) is 0 Å². The second-order valence-electron chi connectivity index (χ2n) is 7.90. The van der Waals surface area contributed by atoms with Crippen molar-refractivity contribution in [2.75, 3.05) is 25.1 Å². The van der Waals surface area contributed by atoms with E-state index in [1.165, 1.54) is 6.07 Å². The number of hydrazone groups is 1. The Labute approximate surface area is 231 Å². The number of carbonyl (C=O) groups excluding carboxylic acids is 2. The van der Waals surface area contributed by atoms with Gasteiger partial charge >= 0.3 is 0 Å². The molecule has 0 heterocycles. The van der Waals surface area contributed by atoms with Crippen molar-refractivity contribution in [2.24, 2.45) is 5.10 Å². The Kier molecular flexibility index (Phi) is 10.4. The number of hydrogen-bond donors (Lipinski definition) is 2. The van der Waals surface area contributed by atoms with Crippen molar-refractivity contribution < 1.29 is 23.8 Å². The maximum Gasteiger partial charge on any atom is 0.271 e. The first-order chi connectivity index (χ1) is 18.3. The zero-order valence-electron chi connectivity index (χ0n) is 21.6. The van der Waals surface area contributed by atoms with Crippen LogP contribution in [0.3, 0.4) is 0 Å². The van der Waals surface area contributed by atoms with Crippen LogP contribution in [-0.2, 0) is 0 Å². The zero-order chi connectivity index (χ0) is 27.7. The molecule has 0 aromatic heterocycles. The van der Waals surface area contributed by atoms with Gasteiger partial charge in [-0.25, -0.2) is 5.43 Å². The molecule has 0 unspecified atom stereocenters. The number of halogens is 2. The highest BCUT2D eigenvalue weighted by molar-refractivity contribution is 6.37. The molecule has 3 aromatic carbocycles. The van der Waals surface area contributed by atoms with Gasteiger partial charge in [0.15, 0.2) is 11.5 Å². The SMILES string of the molecule is CCOc1cc(C(=O)N/N=C(\C)c2cccc(NC(=O)c3ccc(Cl)cc3Cl)c2)cc(OCC)c1OCC. The van der Waals surface area contributed by atoms with Gasteiger partial charge in [-0.15, -0.1) is 0 Å². The molecule has 3 aromatic rings. The van der Waals surface area contributed by atoms with E-state index in [1.807, 2.05) is 26.8 Å². The number of hydrogen-bond acceptors (Lipinski definition) is 6. The van der Waals surface area contributed by atoms with E-state index in [0.29, 0.717) is 70.2 Å². The average Bonchev–Trinajstić information content (AvgIpc) is 2.89. The van der Waals surface area contributed by atoms with E-state index >= 15 is 0 Å². The molecule has 10 heteroatoms. The van der Waals surface area contributed by atoms with Crippen LogP contribution in [-0.4, -0.2) is 37.3 Å². The summed E-state index contributed by atoms with van der Waals surface area (Å²) < 4.78 is 17.1. The molecule has 2 N–H and O–H groups in total. The number of amides is 2. The molecule has 200 valence electrons. The largest absolute Gasteiger partial charge is 0.490 e. The molecular weight excluding hydrogens is 529 g/mol. The van der Waals surface area contributed by atoms with Crippen molar-refractivity contribution in [2.45, 2.75) is 27.7 Å². The first-order valence-corrected chi connectivity index (χ1v) is 12.8. The number of rotatable bonds is 11. The minimum Gasteiger partial charge on any atom is -0.490 e. The minimum absolute atomic E-state index is 0.251. The number of anilines is 1. The smallest absolute Gasteiger partial charge is 0.271 e. The maximum atomic E-state index is 12.9. The molecule has 0 aliphatic carbocycles. The highest BCUT2D eigenvalue weighted by atomic mass is 35.5. The predicted molar refractivity (Wildman–Crippen MR) is 150 cm³/mol. The van der Waals surface area contributed by atoms with Crippen LogP contribution >= 0.6 is 23.2 Å². The van der Waals surface area contributed by atoms with Gasteiger partial charge in [0.25, 0.3) is 11.8 Å². The van der Waals surface area contributed by atoms with Crippen LogP contribution in [0.2, 0.25) is 10.0 Å². The van der Waals surface area contributed by atoms with Crippen LogP contribution in [0.1, 0.15) is 54.0 Å². The Balaban J connectivity index is 1.77. The van der Waals surface area contributed by atoms with E-state index in [-0.39, 0.29) is 10.9 Å². The molecule has 0 fully saturated rings.